The number of hydrogen-bond donors (Lipinski definition) is 1. The molecule has 0 spiro atoms. The van der Waals surface area contributed by atoms with Gasteiger partial charge in [-0.2, -0.15) is 0 Å². The Balaban J connectivity index is 1.46. The van der Waals surface area contributed by atoms with Gasteiger partial charge in [0.1, 0.15) is 0 Å². The number of fused-ring (bicyclic) bond motifs is 1. The lowest BCUT2D eigenvalue weighted by molar-refractivity contribution is -0.120. The molecule has 1 saturated heterocycles. The minimum Gasteiger partial charge on any atom is -0.384 e. The Morgan fingerprint density at radius 2 is 2.08 bits per heavy atom. The van der Waals surface area contributed by atoms with Crippen molar-refractivity contribution in [3.63, 3.8) is 0 Å². The van der Waals surface area contributed by atoms with Crippen LogP contribution in [0.25, 0.3) is 10.8 Å². The van der Waals surface area contributed by atoms with E-state index >= 15 is 0 Å². The number of ether oxygens (including phenoxy) is 1. The summed E-state index contributed by atoms with van der Waals surface area (Å²) in [4.78, 5) is 14.8. The molecule has 0 unspecified atom stereocenters. The van der Waals surface area contributed by atoms with E-state index in [1.165, 1.54) is 23.6 Å². The van der Waals surface area contributed by atoms with Gasteiger partial charge in [0, 0.05) is 26.7 Å². The standard InChI is InChI=1S/C21H28N2O2/c1-25-16-17-6-5-12-23(15-17)13-11-22-21(24)14-19-9-4-8-18-7-2-3-10-20(18)19/h2-4,7-10,17H,5-6,11-16H2,1H3,(H,22,24)/t17-/m0/s1. The number of amides is 1. The van der Waals surface area contributed by atoms with Gasteiger partial charge in [-0.25, -0.2) is 0 Å². The second-order valence-corrected chi connectivity index (χ2v) is 6.93. The highest BCUT2D eigenvalue weighted by molar-refractivity contribution is 5.90. The predicted molar refractivity (Wildman–Crippen MR) is 102 cm³/mol. The molecule has 1 aliphatic heterocycles. The van der Waals surface area contributed by atoms with Crippen molar-refractivity contribution in [1.82, 2.24) is 10.2 Å². The van der Waals surface area contributed by atoms with Gasteiger partial charge in [-0.15, -0.1) is 0 Å². The van der Waals surface area contributed by atoms with Gasteiger partial charge in [-0.1, -0.05) is 42.5 Å². The topological polar surface area (TPSA) is 41.6 Å². The van der Waals surface area contributed by atoms with Crippen molar-refractivity contribution in [2.45, 2.75) is 19.3 Å². The monoisotopic (exact) mass is 340 g/mol. The Hall–Kier alpha value is -1.91. The molecule has 1 amide bonds. The molecule has 3 rings (SSSR count). The molecule has 4 nitrogen and oxygen atoms in total. The molecular weight excluding hydrogens is 312 g/mol. The smallest absolute Gasteiger partial charge is 0.224 e. The maximum absolute atomic E-state index is 12.3. The molecule has 0 radical (unpaired) electrons. The molecule has 1 heterocycles. The number of rotatable bonds is 7. The van der Waals surface area contributed by atoms with Crippen LogP contribution in [-0.4, -0.2) is 50.7 Å². The van der Waals surface area contributed by atoms with Gasteiger partial charge in [0.25, 0.3) is 0 Å². The lowest BCUT2D eigenvalue weighted by atomic mass is 9.99. The lowest BCUT2D eigenvalue weighted by Crippen LogP contribution is -2.41. The number of likely N-dealkylation sites (tertiary alicyclic amines) is 1. The van der Waals surface area contributed by atoms with E-state index in [1.807, 2.05) is 24.3 Å². The number of piperidine rings is 1. The molecular formula is C21H28N2O2. The molecule has 0 aliphatic carbocycles. The maximum Gasteiger partial charge on any atom is 0.224 e. The molecule has 1 aliphatic rings. The summed E-state index contributed by atoms with van der Waals surface area (Å²) in [6, 6.07) is 14.4. The predicted octanol–water partition coefficient (Wildman–Crippen LogP) is 2.86. The van der Waals surface area contributed by atoms with E-state index in [0.717, 1.165) is 31.8 Å². The third-order valence-electron chi connectivity index (χ3n) is 4.99. The zero-order valence-corrected chi connectivity index (χ0v) is 15.0. The summed E-state index contributed by atoms with van der Waals surface area (Å²) in [7, 11) is 1.77. The van der Waals surface area contributed by atoms with E-state index in [2.05, 4.69) is 28.4 Å². The quantitative estimate of drug-likeness (QED) is 0.843. The van der Waals surface area contributed by atoms with Crippen LogP contribution < -0.4 is 5.32 Å². The highest BCUT2D eigenvalue weighted by atomic mass is 16.5. The van der Waals surface area contributed by atoms with Crippen LogP contribution in [0, 0.1) is 5.92 Å². The molecule has 0 saturated carbocycles. The number of methoxy groups -OCH3 is 1. The molecule has 0 aromatic heterocycles. The van der Waals surface area contributed by atoms with Crippen molar-refractivity contribution in [3.05, 3.63) is 48.0 Å². The molecule has 2 aromatic rings. The van der Waals surface area contributed by atoms with Crippen LogP contribution in [-0.2, 0) is 16.0 Å². The largest absolute Gasteiger partial charge is 0.384 e. The van der Waals surface area contributed by atoms with Crippen LogP contribution in [0.1, 0.15) is 18.4 Å². The number of nitrogens with one attached hydrogen (secondary N) is 1. The van der Waals surface area contributed by atoms with E-state index in [0.29, 0.717) is 18.9 Å². The van der Waals surface area contributed by atoms with Crippen molar-refractivity contribution < 1.29 is 9.53 Å². The lowest BCUT2D eigenvalue weighted by Gasteiger charge is -2.32. The molecule has 1 atom stereocenters. The average molecular weight is 340 g/mol. The fourth-order valence-electron chi connectivity index (χ4n) is 3.76. The molecule has 25 heavy (non-hydrogen) atoms. The number of hydrogen-bond acceptors (Lipinski definition) is 3. The van der Waals surface area contributed by atoms with E-state index in [9.17, 15) is 4.79 Å². The van der Waals surface area contributed by atoms with Crippen LogP contribution in [0.5, 0.6) is 0 Å². The Bertz CT molecular complexity index is 694. The summed E-state index contributed by atoms with van der Waals surface area (Å²) in [5.41, 5.74) is 1.09. The molecule has 134 valence electrons. The van der Waals surface area contributed by atoms with Gasteiger partial charge in [0.05, 0.1) is 13.0 Å². The second-order valence-electron chi connectivity index (χ2n) is 6.93. The van der Waals surface area contributed by atoms with Crippen LogP contribution in [0.2, 0.25) is 0 Å². The fourth-order valence-corrected chi connectivity index (χ4v) is 3.76. The SMILES string of the molecule is COC[C@H]1CCCN(CCNC(=O)Cc2cccc3ccccc23)C1. The van der Waals surface area contributed by atoms with E-state index in [1.54, 1.807) is 7.11 Å². The fraction of sp³-hybridized carbons (Fsp3) is 0.476. The van der Waals surface area contributed by atoms with E-state index in [-0.39, 0.29) is 5.91 Å². The van der Waals surface area contributed by atoms with Crippen molar-refractivity contribution in [2.24, 2.45) is 5.92 Å². The van der Waals surface area contributed by atoms with Crippen molar-refractivity contribution in [3.8, 4) is 0 Å². The van der Waals surface area contributed by atoms with Gasteiger partial charge < -0.3 is 15.0 Å². The summed E-state index contributed by atoms with van der Waals surface area (Å²) < 4.78 is 5.28. The van der Waals surface area contributed by atoms with Crippen LogP contribution >= 0.6 is 0 Å². The van der Waals surface area contributed by atoms with Gasteiger partial charge >= 0.3 is 0 Å². The molecule has 1 N–H and O–H groups in total. The Kier molecular flexibility index (Phi) is 6.42. The first kappa shape index (κ1) is 17.9. The summed E-state index contributed by atoms with van der Waals surface area (Å²) in [6.45, 7) is 4.67. The minimum atomic E-state index is 0.0989. The molecule has 0 bridgehead atoms. The molecule has 1 fully saturated rings. The van der Waals surface area contributed by atoms with E-state index < -0.39 is 0 Å². The molecule has 4 heteroatoms. The Labute approximate surface area is 150 Å². The zero-order valence-electron chi connectivity index (χ0n) is 15.0. The molecule has 2 aromatic carbocycles. The third kappa shape index (κ3) is 5.03. The van der Waals surface area contributed by atoms with Crippen molar-refractivity contribution in [2.75, 3.05) is 39.9 Å². The summed E-state index contributed by atoms with van der Waals surface area (Å²) in [6.07, 6.45) is 2.91. The Morgan fingerprint density at radius 3 is 2.96 bits per heavy atom. The normalized spacial score (nSPS) is 18.4. The second kappa shape index (κ2) is 8.97. The van der Waals surface area contributed by atoms with E-state index in [4.69, 9.17) is 4.74 Å². The van der Waals surface area contributed by atoms with Crippen molar-refractivity contribution >= 4 is 16.7 Å². The minimum absolute atomic E-state index is 0.0989. The number of carbonyl (C=O) groups excluding carboxylic acids is 1. The van der Waals surface area contributed by atoms with Crippen LogP contribution in [0.15, 0.2) is 42.5 Å². The first-order valence-corrected chi connectivity index (χ1v) is 9.21. The zero-order chi connectivity index (χ0) is 17.5. The van der Waals surface area contributed by atoms with Gasteiger partial charge in [-0.3, -0.25) is 4.79 Å². The van der Waals surface area contributed by atoms with Gasteiger partial charge in [-0.05, 0) is 41.6 Å². The summed E-state index contributed by atoms with van der Waals surface area (Å²) >= 11 is 0. The Morgan fingerprint density at radius 1 is 1.24 bits per heavy atom. The van der Waals surface area contributed by atoms with Crippen LogP contribution in [0.3, 0.4) is 0 Å². The number of benzene rings is 2. The highest BCUT2D eigenvalue weighted by Gasteiger charge is 2.19. The first-order valence-electron chi connectivity index (χ1n) is 9.21. The van der Waals surface area contributed by atoms with Gasteiger partial charge in [0.15, 0.2) is 0 Å². The maximum atomic E-state index is 12.3. The average Bonchev–Trinajstić information content (AvgIpc) is 2.63. The number of carbonyl (C=O) groups is 1. The van der Waals surface area contributed by atoms with Gasteiger partial charge in [0.2, 0.25) is 5.91 Å². The first-order chi connectivity index (χ1) is 12.3. The van der Waals surface area contributed by atoms with Crippen molar-refractivity contribution in [1.29, 1.82) is 0 Å². The third-order valence-corrected chi connectivity index (χ3v) is 4.99. The summed E-state index contributed by atoms with van der Waals surface area (Å²) in [5.74, 6) is 0.729. The number of nitrogens with zero attached hydrogens (tertiary/aromatic N) is 1. The summed E-state index contributed by atoms with van der Waals surface area (Å²) in [5, 5.41) is 5.43. The van der Waals surface area contributed by atoms with Crippen LogP contribution in [0.4, 0.5) is 0 Å². The highest BCUT2D eigenvalue weighted by Crippen LogP contribution is 2.19.